The molecule has 168 valence electrons. The lowest BCUT2D eigenvalue weighted by molar-refractivity contribution is 0.0959. The Kier molecular flexibility index (Phi) is 6.23. The van der Waals surface area contributed by atoms with Crippen LogP contribution in [0.1, 0.15) is 35.3 Å². The number of halogens is 1. The van der Waals surface area contributed by atoms with E-state index < -0.39 is 11.7 Å². The molecule has 3 heterocycles. The number of nitrogens with zero attached hydrogens (tertiary/aromatic N) is 3. The van der Waals surface area contributed by atoms with Crippen LogP contribution in [0.3, 0.4) is 0 Å². The maximum atomic E-state index is 14.4. The summed E-state index contributed by atoms with van der Waals surface area (Å²) in [6.07, 6.45) is 2.54. The summed E-state index contributed by atoms with van der Waals surface area (Å²) in [6.45, 7) is 7.13. The Balaban J connectivity index is 1.45. The molecule has 3 aromatic rings. The van der Waals surface area contributed by atoms with E-state index in [9.17, 15) is 14.0 Å². The van der Waals surface area contributed by atoms with Crippen molar-refractivity contribution in [3.05, 3.63) is 69.4 Å². The van der Waals surface area contributed by atoms with Crippen molar-refractivity contribution in [2.45, 2.75) is 32.9 Å². The van der Waals surface area contributed by atoms with Gasteiger partial charge in [0.05, 0.1) is 16.6 Å². The number of amides is 1. The fourth-order valence-corrected chi connectivity index (χ4v) is 4.23. The Morgan fingerprint density at radius 3 is 2.78 bits per heavy atom. The van der Waals surface area contributed by atoms with Crippen molar-refractivity contribution in [2.75, 3.05) is 31.6 Å². The minimum Gasteiger partial charge on any atom is -0.369 e. The van der Waals surface area contributed by atoms with Gasteiger partial charge in [-0.05, 0) is 49.2 Å². The highest BCUT2D eigenvalue weighted by molar-refractivity contribution is 5.94. The molecule has 1 aliphatic rings. The molecule has 1 fully saturated rings. The molecule has 0 aliphatic carbocycles. The van der Waals surface area contributed by atoms with Gasteiger partial charge in [-0.1, -0.05) is 6.92 Å². The zero-order chi connectivity index (χ0) is 22.8. The van der Waals surface area contributed by atoms with E-state index in [0.717, 1.165) is 54.0 Å². The summed E-state index contributed by atoms with van der Waals surface area (Å²) in [5.41, 5.74) is 4.10. The normalized spacial score (nSPS) is 17.0. The van der Waals surface area contributed by atoms with E-state index in [-0.39, 0.29) is 17.2 Å². The zero-order valence-corrected chi connectivity index (χ0v) is 18.6. The van der Waals surface area contributed by atoms with Gasteiger partial charge in [0, 0.05) is 56.7 Å². The molecule has 1 saturated heterocycles. The maximum absolute atomic E-state index is 14.4. The van der Waals surface area contributed by atoms with E-state index in [1.807, 2.05) is 25.3 Å². The number of H-pyrrole nitrogens is 1. The average molecular weight is 438 g/mol. The van der Waals surface area contributed by atoms with Gasteiger partial charge in [-0.25, -0.2) is 4.39 Å². The minimum absolute atomic E-state index is 0.0517. The Hall–Kier alpha value is -3.26. The first-order valence-corrected chi connectivity index (χ1v) is 10.9. The van der Waals surface area contributed by atoms with Crippen LogP contribution in [0.25, 0.3) is 11.0 Å². The van der Waals surface area contributed by atoms with E-state index in [1.165, 1.54) is 19.2 Å². The highest BCUT2D eigenvalue weighted by Crippen LogP contribution is 2.23. The molecule has 2 N–H and O–H groups in total. The summed E-state index contributed by atoms with van der Waals surface area (Å²) in [5, 5.41) is 2.45. The number of piperazine rings is 1. The second-order valence-electron chi connectivity index (χ2n) is 8.26. The number of aromatic amines is 1. The lowest BCUT2D eigenvalue weighted by atomic mass is 10.1. The molecule has 8 heteroatoms. The summed E-state index contributed by atoms with van der Waals surface area (Å²) < 4.78 is 14.4. The Morgan fingerprint density at radius 1 is 1.28 bits per heavy atom. The van der Waals surface area contributed by atoms with Gasteiger partial charge < -0.3 is 15.2 Å². The Labute approximate surface area is 186 Å². The van der Waals surface area contributed by atoms with Gasteiger partial charge in [-0.15, -0.1) is 0 Å². The first-order chi connectivity index (χ1) is 15.4. The van der Waals surface area contributed by atoms with Crippen molar-refractivity contribution in [1.82, 2.24) is 20.2 Å². The minimum atomic E-state index is -0.514. The molecule has 0 radical (unpaired) electrons. The maximum Gasteiger partial charge on any atom is 0.253 e. The number of anilines is 1. The highest BCUT2D eigenvalue weighted by Gasteiger charge is 2.25. The standard InChI is InChI=1S/C24H28FN5O2/c1-4-17-10-21-22(28-23(17)31)9-16(12-27-21)14-29-7-8-30(13-15(29)2)18-5-6-19(20(25)11-18)24(32)26-3/h5-6,9-12,15H,4,7-8,13-14H2,1-3H3,(H,26,32)(H,28,31). The van der Waals surface area contributed by atoms with Crippen molar-refractivity contribution in [1.29, 1.82) is 0 Å². The second-order valence-corrected chi connectivity index (χ2v) is 8.26. The Bertz CT molecular complexity index is 1210. The fourth-order valence-electron chi connectivity index (χ4n) is 4.23. The van der Waals surface area contributed by atoms with E-state index >= 15 is 0 Å². The molecule has 32 heavy (non-hydrogen) atoms. The molecule has 1 aromatic carbocycles. The third-order valence-electron chi connectivity index (χ3n) is 6.15. The summed E-state index contributed by atoms with van der Waals surface area (Å²) in [5.74, 6) is -0.942. The summed E-state index contributed by atoms with van der Waals surface area (Å²) in [7, 11) is 1.49. The lowest BCUT2D eigenvalue weighted by Crippen LogP contribution is -2.51. The van der Waals surface area contributed by atoms with Gasteiger partial charge in [0.2, 0.25) is 0 Å². The molecule has 1 amide bonds. The number of rotatable bonds is 5. The third kappa shape index (κ3) is 4.36. The predicted octanol–water partition coefficient (Wildman–Crippen LogP) is 2.69. The molecule has 7 nitrogen and oxygen atoms in total. The third-order valence-corrected chi connectivity index (χ3v) is 6.15. The van der Waals surface area contributed by atoms with Gasteiger partial charge >= 0.3 is 0 Å². The average Bonchev–Trinajstić information content (AvgIpc) is 2.79. The van der Waals surface area contributed by atoms with Crippen LogP contribution >= 0.6 is 0 Å². The molecule has 4 rings (SSSR count). The molecule has 0 spiro atoms. The van der Waals surface area contributed by atoms with Crippen LogP contribution in [0, 0.1) is 5.82 Å². The number of carbonyl (C=O) groups excluding carboxylic acids is 1. The fraction of sp³-hybridized carbons (Fsp3) is 0.375. The molecular formula is C24H28FN5O2. The van der Waals surface area contributed by atoms with Crippen LogP contribution in [0.15, 0.2) is 41.3 Å². The van der Waals surface area contributed by atoms with Crippen LogP contribution in [0.2, 0.25) is 0 Å². The summed E-state index contributed by atoms with van der Waals surface area (Å²) in [4.78, 5) is 35.8. The predicted molar refractivity (Wildman–Crippen MR) is 124 cm³/mol. The van der Waals surface area contributed by atoms with Crippen LogP contribution in [0.5, 0.6) is 0 Å². The lowest BCUT2D eigenvalue weighted by Gasteiger charge is -2.41. The van der Waals surface area contributed by atoms with E-state index in [1.54, 1.807) is 6.07 Å². The molecule has 1 aliphatic heterocycles. The topological polar surface area (TPSA) is 81.3 Å². The van der Waals surface area contributed by atoms with Crippen molar-refractivity contribution in [3.63, 3.8) is 0 Å². The van der Waals surface area contributed by atoms with E-state index in [2.05, 4.69) is 32.0 Å². The quantitative estimate of drug-likeness (QED) is 0.642. The van der Waals surface area contributed by atoms with Gasteiger partial charge in [-0.3, -0.25) is 19.5 Å². The van der Waals surface area contributed by atoms with Gasteiger partial charge in [0.15, 0.2) is 0 Å². The van der Waals surface area contributed by atoms with E-state index in [0.29, 0.717) is 6.42 Å². The molecule has 2 aromatic heterocycles. The van der Waals surface area contributed by atoms with Crippen LogP contribution in [0.4, 0.5) is 10.1 Å². The number of benzene rings is 1. The number of pyridine rings is 2. The molecule has 0 saturated carbocycles. The second kappa shape index (κ2) is 9.08. The summed E-state index contributed by atoms with van der Waals surface area (Å²) >= 11 is 0. The molecule has 1 atom stereocenters. The van der Waals surface area contributed by atoms with Gasteiger partial charge in [-0.2, -0.15) is 0 Å². The molecule has 1 unspecified atom stereocenters. The monoisotopic (exact) mass is 437 g/mol. The van der Waals surface area contributed by atoms with Crippen molar-refractivity contribution < 1.29 is 9.18 Å². The zero-order valence-electron chi connectivity index (χ0n) is 18.6. The number of hydrogen-bond acceptors (Lipinski definition) is 5. The first kappa shape index (κ1) is 22.0. The highest BCUT2D eigenvalue weighted by atomic mass is 19.1. The first-order valence-electron chi connectivity index (χ1n) is 10.9. The SMILES string of the molecule is CCc1cc2ncc(CN3CCN(c4ccc(C(=O)NC)c(F)c4)CC3C)cc2[nH]c1=O. The molecule has 0 bridgehead atoms. The number of aryl methyl sites for hydroxylation is 1. The number of aromatic nitrogens is 2. The largest absolute Gasteiger partial charge is 0.369 e. The van der Waals surface area contributed by atoms with Gasteiger partial charge in [0.1, 0.15) is 5.82 Å². The van der Waals surface area contributed by atoms with Crippen LogP contribution in [-0.4, -0.2) is 53.5 Å². The van der Waals surface area contributed by atoms with Crippen LogP contribution in [-0.2, 0) is 13.0 Å². The van der Waals surface area contributed by atoms with Crippen molar-refractivity contribution in [2.24, 2.45) is 0 Å². The molecular weight excluding hydrogens is 409 g/mol. The number of hydrogen-bond donors (Lipinski definition) is 2. The van der Waals surface area contributed by atoms with Crippen LogP contribution < -0.4 is 15.8 Å². The van der Waals surface area contributed by atoms with Crippen molar-refractivity contribution in [3.8, 4) is 0 Å². The number of fused-ring (bicyclic) bond motifs is 1. The smallest absolute Gasteiger partial charge is 0.253 e. The summed E-state index contributed by atoms with van der Waals surface area (Å²) in [6, 6.07) is 8.85. The number of nitrogens with one attached hydrogen (secondary N) is 2. The Morgan fingerprint density at radius 2 is 2.09 bits per heavy atom. The van der Waals surface area contributed by atoms with Crippen molar-refractivity contribution >= 4 is 22.6 Å². The van der Waals surface area contributed by atoms with Gasteiger partial charge in [0.25, 0.3) is 11.5 Å². The van der Waals surface area contributed by atoms with E-state index in [4.69, 9.17) is 0 Å². The number of carbonyl (C=O) groups is 1.